The molecule has 0 radical (unpaired) electrons. The van der Waals surface area contributed by atoms with E-state index in [0.717, 1.165) is 36.9 Å². The summed E-state index contributed by atoms with van der Waals surface area (Å²) in [4.78, 5) is 40.3. The monoisotopic (exact) mass is 520 g/mol. The molecular formula is C26H24N4O4S2. The highest BCUT2D eigenvalue weighted by Crippen LogP contribution is 2.34. The van der Waals surface area contributed by atoms with Gasteiger partial charge >= 0.3 is 0 Å². The van der Waals surface area contributed by atoms with Gasteiger partial charge in [-0.05, 0) is 69.2 Å². The summed E-state index contributed by atoms with van der Waals surface area (Å²) in [5, 5.41) is 16.3. The number of nitro benzene ring substituents is 1. The van der Waals surface area contributed by atoms with Crippen LogP contribution in [0.3, 0.4) is 0 Å². The van der Waals surface area contributed by atoms with Crippen LogP contribution in [0.5, 0.6) is 0 Å². The van der Waals surface area contributed by atoms with Crippen LogP contribution in [0.1, 0.15) is 34.0 Å². The Morgan fingerprint density at radius 2 is 1.67 bits per heavy atom. The van der Waals surface area contributed by atoms with Gasteiger partial charge in [-0.2, -0.15) is 0 Å². The van der Waals surface area contributed by atoms with Crippen molar-refractivity contribution in [1.82, 2.24) is 4.98 Å². The van der Waals surface area contributed by atoms with Crippen LogP contribution < -0.4 is 10.6 Å². The zero-order chi connectivity index (χ0) is 26.0. The highest BCUT2D eigenvalue weighted by atomic mass is 32.2. The summed E-state index contributed by atoms with van der Waals surface area (Å²) < 4.78 is 1.63. The average Bonchev–Trinajstić information content (AvgIpc) is 3.22. The molecule has 2 amide bonds. The van der Waals surface area contributed by atoms with E-state index in [1.807, 2.05) is 52.0 Å². The van der Waals surface area contributed by atoms with E-state index in [9.17, 15) is 19.7 Å². The van der Waals surface area contributed by atoms with Crippen LogP contribution in [0.25, 0.3) is 10.2 Å². The van der Waals surface area contributed by atoms with Gasteiger partial charge in [0.15, 0.2) is 4.34 Å². The van der Waals surface area contributed by atoms with Crippen molar-refractivity contribution < 1.29 is 14.5 Å². The minimum atomic E-state index is -0.510. The normalized spacial score (nSPS) is 11.8. The molecule has 0 aliphatic heterocycles. The zero-order valence-corrected chi connectivity index (χ0v) is 21.8. The summed E-state index contributed by atoms with van der Waals surface area (Å²) in [7, 11) is 0. The van der Waals surface area contributed by atoms with E-state index in [0.29, 0.717) is 11.3 Å². The largest absolute Gasteiger partial charge is 0.325 e. The molecule has 2 N–H and O–H groups in total. The molecule has 0 saturated carbocycles. The van der Waals surface area contributed by atoms with Gasteiger partial charge in [-0.25, -0.2) is 4.98 Å². The summed E-state index contributed by atoms with van der Waals surface area (Å²) in [5.74, 6) is -0.458. The molecule has 0 aliphatic carbocycles. The minimum absolute atomic E-state index is 0.0743. The third-order valence-electron chi connectivity index (χ3n) is 5.54. The Balaban J connectivity index is 1.43. The number of nitrogens with one attached hydrogen (secondary N) is 2. The van der Waals surface area contributed by atoms with E-state index in [1.54, 1.807) is 6.07 Å². The quantitative estimate of drug-likeness (QED) is 0.163. The molecule has 36 heavy (non-hydrogen) atoms. The van der Waals surface area contributed by atoms with Crippen LogP contribution in [0.4, 0.5) is 17.1 Å². The van der Waals surface area contributed by atoms with Crippen LogP contribution in [0, 0.1) is 30.9 Å². The number of rotatable bonds is 7. The van der Waals surface area contributed by atoms with Gasteiger partial charge in [0.1, 0.15) is 0 Å². The van der Waals surface area contributed by atoms with Crippen LogP contribution in [0.15, 0.2) is 58.9 Å². The van der Waals surface area contributed by atoms with Crippen molar-refractivity contribution in [2.75, 3.05) is 10.6 Å². The Bertz CT molecular complexity index is 1460. The number of non-ortho nitro benzene ring substituents is 1. The first kappa shape index (κ1) is 25.3. The van der Waals surface area contributed by atoms with Crippen LogP contribution in [-0.4, -0.2) is 27.0 Å². The predicted octanol–water partition coefficient (Wildman–Crippen LogP) is 6.50. The molecule has 0 bridgehead atoms. The minimum Gasteiger partial charge on any atom is -0.325 e. The summed E-state index contributed by atoms with van der Waals surface area (Å²) in [6, 6.07) is 14.9. The molecule has 184 valence electrons. The SMILES string of the molecule is Cc1cc(C)c(NC(=O)C(C)Sc2nc3ccc(NC(=O)c4ccc([N+](=O)[O-])cc4)cc3s2)c(C)c1. The summed E-state index contributed by atoms with van der Waals surface area (Å²) in [6.45, 7) is 7.85. The number of fused-ring (bicyclic) bond motifs is 1. The molecule has 1 unspecified atom stereocenters. The molecule has 0 spiro atoms. The van der Waals surface area contributed by atoms with Crippen molar-refractivity contribution in [2.24, 2.45) is 0 Å². The number of nitro groups is 1. The van der Waals surface area contributed by atoms with Crippen molar-refractivity contribution in [3.63, 3.8) is 0 Å². The van der Waals surface area contributed by atoms with Gasteiger partial charge in [0.05, 0.1) is 20.4 Å². The maximum atomic E-state index is 12.8. The van der Waals surface area contributed by atoms with E-state index in [1.165, 1.54) is 47.4 Å². The topological polar surface area (TPSA) is 114 Å². The van der Waals surface area contributed by atoms with Crippen molar-refractivity contribution in [3.05, 3.63) is 87.0 Å². The average molecular weight is 521 g/mol. The van der Waals surface area contributed by atoms with Gasteiger partial charge in [0, 0.05) is 29.1 Å². The van der Waals surface area contributed by atoms with E-state index in [2.05, 4.69) is 15.6 Å². The molecule has 1 aromatic heterocycles. The fraction of sp³-hybridized carbons (Fsp3) is 0.192. The first-order valence-corrected chi connectivity index (χ1v) is 12.8. The number of thioether (sulfide) groups is 1. The fourth-order valence-corrected chi connectivity index (χ4v) is 6.03. The molecular weight excluding hydrogens is 496 g/mol. The first-order chi connectivity index (χ1) is 17.1. The van der Waals surface area contributed by atoms with E-state index in [-0.39, 0.29) is 22.8 Å². The molecule has 1 heterocycles. The second-order valence-corrected chi connectivity index (χ2v) is 11.1. The van der Waals surface area contributed by atoms with Crippen LogP contribution in [0.2, 0.25) is 0 Å². The van der Waals surface area contributed by atoms with Crippen molar-refractivity contribution in [3.8, 4) is 0 Å². The number of hydrogen-bond acceptors (Lipinski definition) is 7. The second kappa shape index (κ2) is 10.5. The van der Waals surface area contributed by atoms with Crippen molar-refractivity contribution in [2.45, 2.75) is 37.3 Å². The third kappa shape index (κ3) is 5.72. The lowest BCUT2D eigenvalue weighted by Crippen LogP contribution is -2.23. The highest BCUT2D eigenvalue weighted by Gasteiger charge is 2.19. The second-order valence-electron chi connectivity index (χ2n) is 8.44. The number of thiazole rings is 1. The van der Waals surface area contributed by atoms with Crippen molar-refractivity contribution >= 4 is 62.2 Å². The summed E-state index contributed by atoms with van der Waals surface area (Å²) in [5.41, 5.74) is 5.66. The summed E-state index contributed by atoms with van der Waals surface area (Å²) in [6.07, 6.45) is 0. The number of amides is 2. The Morgan fingerprint density at radius 1 is 1.00 bits per heavy atom. The van der Waals surface area contributed by atoms with Crippen LogP contribution in [-0.2, 0) is 4.79 Å². The molecule has 3 aromatic carbocycles. The fourth-order valence-electron chi connectivity index (χ4n) is 3.78. The van der Waals surface area contributed by atoms with Gasteiger partial charge in [-0.3, -0.25) is 19.7 Å². The Labute approximate surface area is 216 Å². The third-order valence-corrected chi connectivity index (χ3v) is 7.75. The van der Waals surface area contributed by atoms with Crippen LogP contribution >= 0.6 is 23.1 Å². The molecule has 0 saturated heterocycles. The maximum absolute atomic E-state index is 12.8. The van der Waals surface area contributed by atoms with Gasteiger partial charge in [-0.15, -0.1) is 11.3 Å². The lowest BCUT2D eigenvalue weighted by Gasteiger charge is -2.15. The maximum Gasteiger partial charge on any atom is 0.269 e. The zero-order valence-electron chi connectivity index (χ0n) is 20.1. The number of carbonyl (C=O) groups excluding carboxylic acids is 2. The first-order valence-electron chi connectivity index (χ1n) is 11.1. The van der Waals surface area contributed by atoms with Gasteiger partial charge < -0.3 is 10.6 Å². The molecule has 4 rings (SSSR count). The predicted molar refractivity (Wildman–Crippen MR) is 145 cm³/mol. The van der Waals surface area contributed by atoms with Gasteiger partial charge in [-0.1, -0.05) is 29.5 Å². The number of aromatic nitrogens is 1. The van der Waals surface area contributed by atoms with Crippen molar-refractivity contribution in [1.29, 1.82) is 0 Å². The number of aryl methyl sites for hydroxylation is 3. The van der Waals surface area contributed by atoms with E-state index in [4.69, 9.17) is 0 Å². The Morgan fingerprint density at radius 3 is 2.31 bits per heavy atom. The Hall–Kier alpha value is -3.76. The van der Waals surface area contributed by atoms with Gasteiger partial charge in [0.2, 0.25) is 5.91 Å². The van der Waals surface area contributed by atoms with E-state index < -0.39 is 4.92 Å². The molecule has 10 heteroatoms. The highest BCUT2D eigenvalue weighted by molar-refractivity contribution is 8.02. The molecule has 1 atom stereocenters. The lowest BCUT2D eigenvalue weighted by atomic mass is 10.1. The number of benzene rings is 3. The number of hydrogen-bond donors (Lipinski definition) is 2. The number of nitrogens with zero attached hydrogens (tertiary/aromatic N) is 2. The smallest absolute Gasteiger partial charge is 0.269 e. The molecule has 4 aromatic rings. The number of anilines is 2. The van der Waals surface area contributed by atoms with E-state index >= 15 is 0 Å². The van der Waals surface area contributed by atoms with Gasteiger partial charge in [0.25, 0.3) is 11.6 Å². The molecule has 0 aliphatic rings. The molecule has 8 nitrogen and oxygen atoms in total. The summed E-state index contributed by atoms with van der Waals surface area (Å²) >= 11 is 2.83. The number of carbonyl (C=O) groups is 2. The molecule has 0 fully saturated rings. The Kier molecular flexibility index (Phi) is 7.37. The lowest BCUT2D eigenvalue weighted by molar-refractivity contribution is -0.384. The standard InChI is InChI=1S/C26H24N4O4S2/c1-14-11-15(2)23(16(3)12-14)29-24(31)17(4)35-26-28-21-10-7-19(13-22(21)36-26)27-25(32)18-5-8-20(9-6-18)30(33)34/h5-13,17H,1-4H3,(H,27,32)(H,29,31).